The predicted octanol–water partition coefficient (Wildman–Crippen LogP) is 5.26. The van der Waals surface area contributed by atoms with Gasteiger partial charge >= 0.3 is 0 Å². The molecule has 5 nitrogen and oxygen atoms in total. The fourth-order valence-corrected chi connectivity index (χ4v) is 4.83. The SMILES string of the molecule is CCc1ccc2cccnc2c1N1CCCN(C(C)c2ccn(-c3ccccc3)n2)CC1. The monoisotopic (exact) mass is 425 g/mol. The van der Waals surface area contributed by atoms with E-state index in [9.17, 15) is 0 Å². The van der Waals surface area contributed by atoms with E-state index in [2.05, 4.69) is 78.4 Å². The third-order valence-corrected chi connectivity index (χ3v) is 6.67. The summed E-state index contributed by atoms with van der Waals surface area (Å²) < 4.78 is 1.98. The lowest BCUT2D eigenvalue weighted by molar-refractivity contribution is 0.222. The highest BCUT2D eigenvalue weighted by atomic mass is 15.3. The first-order chi connectivity index (χ1) is 15.7. The average Bonchev–Trinajstić information content (AvgIpc) is 3.22. The number of pyridine rings is 1. The number of hydrogen-bond acceptors (Lipinski definition) is 4. The molecule has 0 spiro atoms. The van der Waals surface area contributed by atoms with E-state index in [-0.39, 0.29) is 6.04 Å². The van der Waals surface area contributed by atoms with Crippen molar-refractivity contribution in [3.63, 3.8) is 0 Å². The first kappa shape index (κ1) is 20.7. The van der Waals surface area contributed by atoms with Crippen LogP contribution in [0.5, 0.6) is 0 Å². The summed E-state index contributed by atoms with van der Waals surface area (Å²) in [6, 6.07) is 21.4. The lowest BCUT2D eigenvalue weighted by Gasteiger charge is -2.28. The molecule has 1 fully saturated rings. The molecule has 0 aliphatic carbocycles. The van der Waals surface area contributed by atoms with E-state index < -0.39 is 0 Å². The summed E-state index contributed by atoms with van der Waals surface area (Å²) in [5.41, 5.74) is 6.08. The van der Waals surface area contributed by atoms with Crippen LogP contribution in [0.4, 0.5) is 5.69 Å². The molecule has 1 aliphatic rings. The summed E-state index contributed by atoms with van der Waals surface area (Å²) in [7, 11) is 0. The van der Waals surface area contributed by atoms with Crippen LogP contribution in [0.1, 0.15) is 37.6 Å². The highest BCUT2D eigenvalue weighted by molar-refractivity contribution is 5.92. The molecule has 0 amide bonds. The molecule has 5 heteroatoms. The molecule has 2 aromatic carbocycles. The lowest BCUT2D eigenvalue weighted by atomic mass is 10.0. The van der Waals surface area contributed by atoms with Gasteiger partial charge in [-0.25, -0.2) is 4.68 Å². The summed E-state index contributed by atoms with van der Waals surface area (Å²) in [6.07, 6.45) is 6.15. The van der Waals surface area contributed by atoms with Crippen LogP contribution >= 0.6 is 0 Å². The Hall–Kier alpha value is -3.18. The van der Waals surface area contributed by atoms with Gasteiger partial charge in [0.05, 0.1) is 28.6 Å². The molecular formula is C27H31N5. The number of aromatic nitrogens is 3. The van der Waals surface area contributed by atoms with Crippen LogP contribution in [0.2, 0.25) is 0 Å². The standard InChI is InChI=1S/C27H31N5/c1-3-22-12-13-23-9-7-15-28-26(23)27(22)31-17-8-16-30(19-20-31)21(2)25-14-18-32(29-25)24-10-5-4-6-11-24/h4-7,9-15,18,21H,3,8,16-17,19-20H2,1-2H3. The fourth-order valence-electron chi connectivity index (χ4n) is 4.83. The van der Waals surface area contributed by atoms with Gasteiger partial charge in [0.15, 0.2) is 0 Å². The molecule has 2 aromatic heterocycles. The van der Waals surface area contributed by atoms with E-state index in [1.54, 1.807) is 0 Å². The number of nitrogens with zero attached hydrogens (tertiary/aromatic N) is 5. The highest BCUT2D eigenvalue weighted by Crippen LogP contribution is 2.31. The van der Waals surface area contributed by atoms with E-state index in [1.807, 2.05) is 23.0 Å². The maximum atomic E-state index is 4.88. The van der Waals surface area contributed by atoms with Crippen molar-refractivity contribution >= 4 is 16.6 Å². The van der Waals surface area contributed by atoms with Gasteiger partial charge in [0.25, 0.3) is 0 Å². The smallest absolute Gasteiger partial charge is 0.0938 e. The molecule has 0 N–H and O–H groups in total. The van der Waals surface area contributed by atoms with Gasteiger partial charge in [-0.1, -0.05) is 43.3 Å². The van der Waals surface area contributed by atoms with Crippen molar-refractivity contribution < 1.29 is 0 Å². The van der Waals surface area contributed by atoms with Crippen molar-refractivity contribution in [2.45, 2.75) is 32.7 Å². The maximum absolute atomic E-state index is 4.88. The molecular weight excluding hydrogens is 394 g/mol. The van der Waals surface area contributed by atoms with E-state index in [0.29, 0.717) is 0 Å². The Bertz CT molecular complexity index is 1180. The Morgan fingerprint density at radius 2 is 1.78 bits per heavy atom. The first-order valence-corrected chi connectivity index (χ1v) is 11.7. The van der Waals surface area contributed by atoms with E-state index in [4.69, 9.17) is 10.1 Å². The van der Waals surface area contributed by atoms with Crippen LogP contribution in [0.25, 0.3) is 16.6 Å². The van der Waals surface area contributed by atoms with Crippen LogP contribution in [-0.4, -0.2) is 45.8 Å². The van der Waals surface area contributed by atoms with Crippen LogP contribution in [-0.2, 0) is 6.42 Å². The van der Waals surface area contributed by atoms with Crippen LogP contribution in [0.3, 0.4) is 0 Å². The molecule has 1 unspecified atom stereocenters. The Morgan fingerprint density at radius 3 is 2.62 bits per heavy atom. The Balaban J connectivity index is 1.35. The van der Waals surface area contributed by atoms with Crippen molar-refractivity contribution in [1.29, 1.82) is 0 Å². The molecule has 0 saturated carbocycles. The molecule has 0 radical (unpaired) electrons. The highest BCUT2D eigenvalue weighted by Gasteiger charge is 2.24. The molecule has 1 atom stereocenters. The van der Waals surface area contributed by atoms with E-state index in [1.165, 1.54) is 16.6 Å². The summed E-state index contributed by atoms with van der Waals surface area (Å²) >= 11 is 0. The quantitative estimate of drug-likeness (QED) is 0.437. The molecule has 164 valence electrons. The first-order valence-electron chi connectivity index (χ1n) is 11.7. The molecule has 1 saturated heterocycles. The lowest BCUT2D eigenvalue weighted by Crippen LogP contribution is -2.33. The zero-order valence-electron chi connectivity index (χ0n) is 19.0. The summed E-state index contributed by atoms with van der Waals surface area (Å²) in [6.45, 7) is 8.69. The molecule has 4 aromatic rings. The van der Waals surface area contributed by atoms with Crippen LogP contribution < -0.4 is 4.90 Å². The number of hydrogen-bond donors (Lipinski definition) is 0. The zero-order valence-corrected chi connectivity index (χ0v) is 19.0. The van der Waals surface area contributed by atoms with E-state index >= 15 is 0 Å². The number of benzene rings is 2. The molecule has 5 rings (SSSR count). The third-order valence-electron chi connectivity index (χ3n) is 6.67. The number of aryl methyl sites for hydroxylation is 1. The number of anilines is 1. The molecule has 3 heterocycles. The Labute approximate surface area is 190 Å². The van der Waals surface area contributed by atoms with Gasteiger partial charge in [0.2, 0.25) is 0 Å². The second-order valence-electron chi connectivity index (χ2n) is 8.58. The molecule has 32 heavy (non-hydrogen) atoms. The van der Waals surface area contributed by atoms with Crippen molar-refractivity contribution in [2.24, 2.45) is 0 Å². The van der Waals surface area contributed by atoms with Gasteiger partial charge in [0, 0.05) is 44.0 Å². The van der Waals surface area contributed by atoms with Gasteiger partial charge in [0.1, 0.15) is 0 Å². The van der Waals surface area contributed by atoms with Gasteiger partial charge in [-0.05, 0) is 49.6 Å². The van der Waals surface area contributed by atoms with Crippen molar-refractivity contribution in [1.82, 2.24) is 19.7 Å². The average molecular weight is 426 g/mol. The topological polar surface area (TPSA) is 37.2 Å². The minimum absolute atomic E-state index is 0.288. The minimum atomic E-state index is 0.288. The summed E-state index contributed by atoms with van der Waals surface area (Å²) in [5.74, 6) is 0. The van der Waals surface area contributed by atoms with Crippen molar-refractivity contribution in [3.05, 3.63) is 84.3 Å². The Morgan fingerprint density at radius 1 is 0.906 bits per heavy atom. The van der Waals surface area contributed by atoms with Crippen LogP contribution in [0.15, 0.2) is 73.1 Å². The number of para-hydroxylation sites is 1. The largest absolute Gasteiger partial charge is 0.368 e. The van der Waals surface area contributed by atoms with Crippen molar-refractivity contribution in [2.75, 3.05) is 31.1 Å². The molecule has 1 aliphatic heterocycles. The Kier molecular flexibility index (Phi) is 5.91. The van der Waals surface area contributed by atoms with Gasteiger partial charge in [-0.2, -0.15) is 5.10 Å². The minimum Gasteiger partial charge on any atom is -0.368 e. The summed E-state index contributed by atoms with van der Waals surface area (Å²) in [5, 5.41) is 6.11. The zero-order chi connectivity index (χ0) is 21.9. The number of fused-ring (bicyclic) bond motifs is 1. The van der Waals surface area contributed by atoms with Crippen molar-refractivity contribution in [3.8, 4) is 5.69 Å². The fraction of sp³-hybridized carbons (Fsp3) is 0.333. The second-order valence-corrected chi connectivity index (χ2v) is 8.58. The molecule has 0 bridgehead atoms. The summed E-state index contributed by atoms with van der Waals surface area (Å²) in [4.78, 5) is 9.89. The van der Waals surface area contributed by atoms with Gasteiger partial charge in [-0.15, -0.1) is 0 Å². The van der Waals surface area contributed by atoms with Gasteiger partial charge in [-0.3, -0.25) is 9.88 Å². The predicted molar refractivity (Wildman–Crippen MR) is 132 cm³/mol. The normalized spacial score (nSPS) is 16.2. The second kappa shape index (κ2) is 9.13. The van der Waals surface area contributed by atoms with Crippen LogP contribution in [0, 0.1) is 0 Å². The van der Waals surface area contributed by atoms with E-state index in [0.717, 1.165) is 55.9 Å². The van der Waals surface area contributed by atoms with Gasteiger partial charge < -0.3 is 4.90 Å². The third kappa shape index (κ3) is 4.00. The number of rotatable bonds is 5. The maximum Gasteiger partial charge on any atom is 0.0938 e.